The van der Waals surface area contributed by atoms with Crippen LogP contribution in [-0.4, -0.2) is 27.3 Å². The minimum absolute atomic E-state index is 0.371. The molecule has 2 rings (SSSR count). The number of benzene rings is 1. The third-order valence-corrected chi connectivity index (χ3v) is 4.51. The Labute approximate surface area is 108 Å². The number of hydrogen-bond donors (Lipinski definition) is 2. The Kier molecular flexibility index (Phi) is 4.04. The Morgan fingerprint density at radius 1 is 1.28 bits per heavy atom. The van der Waals surface area contributed by atoms with E-state index < -0.39 is 9.84 Å². The highest BCUT2D eigenvalue weighted by Crippen LogP contribution is 2.24. The van der Waals surface area contributed by atoms with Gasteiger partial charge in [-0.2, -0.15) is 0 Å². The van der Waals surface area contributed by atoms with Gasteiger partial charge in [0.2, 0.25) is 0 Å². The Bertz CT molecular complexity index is 490. The van der Waals surface area contributed by atoms with Crippen LogP contribution < -0.4 is 11.1 Å². The zero-order valence-corrected chi connectivity index (χ0v) is 11.4. The molecule has 0 heterocycles. The lowest BCUT2D eigenvalue weighted by molar-refractivity contribution is 0.256. The minimum atomic E-state index is -3.09. The molecule has 0 radical (unpaired) electrons. The van der Waals surface area contributed by atoms with Gasteiger partial charge in [-0.1, -0.05) is 12.1 Å². The SMILES string of the molecule is CS(=O)(=O)c1ccc(CNCC2CC(N)C2)cc1. The van der Waals surface area contributed by atoms with Crippen molar-refractivity contribution < 1.29 is 8.42 Å². The molecule has 1 saturated carbocycles. The minimum Gasteiger partial charge on any atom is -0.328 e. The van der Waals surface area contributed by atoms with Gasteiger partial charge in [0.1, 0.15) is 0 Å². The van der Waals surface area contributed by atoms with Crippen LogP contribution in [0.4, 0.5) is 0 Å². The van der Waals surface area contributed by atoms with Crippen LogP contribution in [0.3, 0.4) is 0 Å². The van der Waals surface area contributed by atoms with Crippen LogP contribution in [0, 0.1) is 5.92 Å². The first-order chi connectivity index (χ1) is 8.45. The molecule has 0 amide bonds. The summed E-state index contributed by atoms with van der Waals surface area (Å²) in [5.41, 5.74) is 6.83. The average molecular weight is 268 g/mol. The normalized spacial score (nSPS) is 23.7. The summed E-state index contributed by atoms with van der Waals surface area (Å²) in [6.07, 6.45) is 3.44. The molecule has 1 aromatic rings. The zero-order chi connectivity index (χ0) is 13.2. The summed E-state index contributed by atoms with van der Waals surface area (Å²) in [6, 6.07) is 7.43. The fourth-order valence-corrected chi connectivity index (χ4v) is 2.86. The van der Waals surface area contributed by atoms with Crippen molar-refractivity contribution in [3.8, 4) is 0 Å². The van der Waals surface area contributed by atoms with Crippen molar-refractivity contribution in [2.24, 2.45) is 11.7 Å². The maximum Gasteiger partial charge on any atom is 0.175 e. The highest BCUT2D eigenvalue weighted by Gasteiger charge is 2.24. The molecule has 0 aliphatic heterocycles. The van der Waals surface area contributed by atoms with Crippen molar-refractivity contribution in [1.82, 2.24) is 5.32 Å². The Balaban J connectivity index is 1.80. The molecule has 1 aromatic carbocycles. The topological polar surface area (TPSA) is 72.2 Å². The van der Waals surface area contributed by atoms with E-state index in [0.29, 0.717) is 16.9 Å². The van der Waals surface area contributed by atoms with Crippen LogP contribution in [0.1, 0.15) is 18.4 Å². The van der Waals surface area contributed by atoms with Gasteiger partial charge >= 0.3 is 0 Å². The van der Waals surface area contributed by atoms with E-state index in [1.807, 2.05) is 12.1 Å². The molecule has 0 aromatic heterocycles. The van der Waals surface area contributed by atoms with Gasteiger partial charge < -0.3 is 11.1 Å². The second kappa shape index (κ2) is 5.38. The number of sulfone groups is 1. The Morgan fingerprint density at radius 3 is 2.39 bits per heavy atom. The molecule has 3 N–H and O–H groups in total. The van der Waals surface area contributed by atoms with E-state index in [0.717, 1.165) is 31.5 Å². The number of hydrogen-bond acceptors (Lipinski definition) is 4. The fourth-order valence-electron chi connectivity index (χ4n) is 2.23. The fraction of sp³-hybridized carbons (Fsp3) is 0.538. The number of nitrogens with two attached hydrogens (primary N) is 1. The van der Waals surface area contributed by atoms with Crippen molar-refractivity contribution in [1.29, 1.82) is 0 Å². The molecule has 4 nitrogen and oxygen atoms in total. The molecular weight excluding hydrogens is 248 g/mol. The summed E-state index contributed by atoms with van der Waals surface area (Å²) in [6.45, 7) is 1.76. The molecular formula is C13H20N2O2S. The maximum atomic E-state index is 11.3. The van der Waals surface area contributed by atoms with Crippen LogP contribution in [0.25, 0.3) is 0 Å². The van der Waals surface area contributed by atoms with Gasteiger partial charge in [0, 0.05) is 18.8 Å². The predicted molar refractivity (Wildman–Crippen MR) is 72.0 cm³/mol. The summed E-state index contributed by atoms with van der Waals surface area (Å²) in [5.74, 6) is 0.704. The largest absolute Gasteiger partial charge is 0.328 e. The molecule has 1 aliphatic carbocycles. The molecule has 0 bridgehead atoms. The summed E-state index contributed by atoms with van der Waals surface area (Å²) in [4.78, 5) is 0.371. The lowest BCUT2D eigenvalue weighted by atomic mass is 9.81. The van der Waals surface area contributed by atoms with Crippen molar-refractivity contribution in [3.63, 3.8) is 0 Å². The molecule has 1 fully saturated rings. The van der Waals surface area contributed by atoms with E-state index in [1.54, 1.807) is 12.1 Å². The smallest absolute Gasteiger partial charge is 0.175 e. The summed E-state index contributed by atoms with van der Waals surface area (Å²) >= 11 is 0. The van der Waals surface area contributed by atoms with E-state index in [-0.39, 0.29) is 0 Å². The molecule has 0 saturated heterocycles. The van der Waals surface area contributed by atoms with Gasteiger partial charge in [-0.25, -0.2) is 8.42 Å². The van der Waals surface area contributed by atoms with Gasteiger partial charge in [-0.15, -0.1) is 0 Å². The van der Waals surface area contributed by atoms with Crippen LogP contribution >= 0.6 is 0 Å². The van der Waals surface area contributed by atoms with Crippen molar-refractivity contribution >= 4 is 9.84 Å². The first-order valence-electron chi connectivity index (χ1n) is 6.20. The van der Waals surface area contributed by atoms with Crippen molar-refractivity contribution in [2.45, 2.75) is 30.3 Å². The second-order valence-electron chi connectivity index (χ2n) is 5.14. The van der Waals surface area contributed by atoms with Gasteiger partial charge in [-0.3, -0.25) is 0 Å². The van der Waals surface area contributed by atoms with E-state index in [2.05, 4.69) is 5.32 Å². The van der Waals surface area contributed by atoms with Crippen molar-refractivity contribution in [3.05, 3.63) is 29.8 Å². The number of nitrogens with one attached hydrogen (secondary N) is 1. The zero-order valence-electron chi connectivity index (χ0n) is 10.6. The standard InChI is InChI=1S/C13H20N2O2S/c1-18(16,17)13-4-2-10(3-5-13)8-15-9-11-6-12(14)7-11/h2-5,11-12,15H,6-9,14H2,1H3. The summed E-state index contributed by atoms with van der Waals surface area (Å²) in [7, 11) is -3.09. The molecule has 100 valence electrons. The third-order valence-electron chi connectivity index (χ3n) is 3.39. The maximum absolute atomic E-state index is 11.3. The predicted octanol–water partition coefficient (Wildman–Crippen LogP) is 0.917. The Hall–Kier alpha value is -0.910. The Morgan fingerprint density at radius 2 is 1.89 bits per heavy atom. The van der Waals surface area contributed by atoms with Gasteiger partial charge in [0.25, 0.3) is 0 Å². The lowest BCUT2D eigenvalue weighted by Crippen LogP contribution is -2.41. The molecule has 18 heavy (non-hydrogen) atoms. The first-order valence-corrected chi connectivity index (χ1v) is 8.09. The van der Waals surface area contributed by atoms with Gasteiger partial charge in [-0.05, 0) is 43.0 Å². The summed E-state index contributed by atoms with van der Waals surface area (Å²) in [5, 5.41) is 3.38. The third kappa shape index (κ3) is 3.54. The molecule has 5 heteroatoms. The van der Waals surface area contributed by atoms with E-state index in [1.165, 1.54) is 6.26 Å². The monoisotopic (exact) mass is 268 g/mol. The molecule has 0 unspecified atom stereocenters. The van der Waals surface area contributed by atoms with E-state index in [9.17, 15) is 8.42 Å². The van der Waals surface area contributed by atoms with E-state index in [4.69, 9.17) is 5.73 Å². The highest BCUT2D eigenvalue weighted by atomic mass is 32.2. The van der Waals surface area contributed by atoms with Crippen LogP contribution in [0.2, 0.25) is 0 Å². The average Bonchev–Trinajstić information content (AvgIpc) is 2.26. The van der Waals surface area contributed by atoms with Gasteiger partial charge in [0.15, 0.2) is 9.84 Å². The quantitative estimate of drug-likeness (QED) is 0.833. The second-order valence-corrected chi connectivity index (χ2v) is 7.16. The molecule has 1 aliphatic rings. The van der Waals surface area contributed by atoms with Crippen LogP contribution in [0.15, 0.2) is 29.2 Å². The van der Waals surface area contributed by atoms with Gasteiger partial charge in [0.05, 0.1) is 4.90 Å². The summed E-state index contributed by atoms with van der Waals surface area (Å²) < 4.78 is 22.6. The first kappa shape index (κ1) is 13.5. The molecule has 0 atom stereocenters. The number of rotatable bonds is 5. The highest BCUT2D eigenvalue weighted by molar-refractivity contribution is 7.90. The van der Waals surface area contributed by atoms with Crippen molar-refractivity contribution in [2.75, 3.05) is 12.8 Å². The van der Waals surface area contributed by atoms with Crippen LogP contribution in [0.5, 0.6) is 0 Å². The lowest BCUT2D eigenvalue weighted by Gasteiger charge is -2.32. The van der Waals surface area contributed by atoms with E-state index >= 15 is 0 Å². The van der Waals surface area contributed by atoms with Crippen LogP contribution in [-0.2, 0) is 16.4 Å². The molecule has 0 spiro atoms.